The fourth-order valence-corrected chi connectivity index (χ4v) is 4.51. The van der Waals surface area contributed by atoms with E-state index in [4.69, 9.17) is 0 Å². The van der Waals surface area contributed by atoms with E-state index in [0.717, 1.165) is 29.7 Å². The Morgan fingerprint density at radius 2 is 1.83 bits per heavy atom. The van der Waals surface area contributed by atoms with Crippen LogP contribution in [0.4, 0.5) is 0 Å². The molecule has 1 atom stereocenters. The predicted octanol–water partition coefficient (Wildman–Crippen LogP) is 3.78. The molecule has 3 aromatic rings. The number of nitrogens with one attached hydrogen (secondary N) is 2. The van der Waals surface area contributed by atoms with Gasteiger partial charge in [-0.25, -0.2) is 4.98 Å². The first-order chi connectivity index (χ1) is 14.6. The molecule has 1 saturated heterocycles. The number of aromatic nitrogens is 2. The van der Waals surface area contributed by atoms with Crippen molar-refractivity contribution in [1.29, 1.82) is 0 Å². The lowest BCUT2D eigenvalue weighted by Crippen LogP contribution is -2.47. The Labute approximate surface area is 180 Å². The highest BCUT2D eigenvalue weighted by atomic mass is 32.2. The van der Waals surface area contributed by atoms with Crippen molar-refractivity contribution in [3.05, 3.63) is 66.0 Å². The van der Waals surface area contributed by atoms with Crippen LogP contribution in [0.3, 0.4) is 0 Å². The highest BCUT2D eigenvalue weighted by molar-refractivity contribution is 8.00. The van der Waals surface area contributed by atoms with E-state index in [1.807, 2.05) is 59.5 Å². The average molecular weight is 423 g/mol. The molecule has 0 bridgehead atoms. The molecule has 4 rings (SSSR count). The van der Waals surface area contributed by atoms with Crippen LogP contribution in [0.15, 0.2) is 54.6 Å². The van der Waals surface area contributed by atoms with Gasteiger partial charge in [-0.15, -0.1) is 11.8 Å². The molecular weight excluding hydrogens is 396 g/mol. The lowest BCUT2D eigenvalue weighted by atomic mass is 10.0. The maximum atomic E-state index is 12.6. The number of carbonyl (C=O) groups excluding carboxylic acids is 2. The lowest BCUT2D eigenvalue weighted by molar-refractivity contribution is -0.129. The summed E-state index contributed by atoms with van der Waals surface area (Å²) in [6.45, 7) is 3.43. The van der Waals surface area contributed by atoms with Crippen LogP contribution in [0.5, 0.6) is 0 Å². The fourth-order valence-electron chi connectivity index (χ4n) is 3.66. The molecule has 7 heteroatoms. The summed E-state index contributed by atoms with van der Waals surface area (Å²) in [7, 11) is 0. The van der Waals surface area contributed by atoms with Crippen molar-refractivity contribution in [1.82, 2.24) is 20.2 Å². The first-order valence-electron chi connectivity index (χ1n) is 10.3. The molecule has 1 unspecified atom stereocenters. The summed E-state index contributed by atoms with van der Waals surface area (Å²) in [5.74, 6) is 1.43. The van der Waals surface area contributed by atoms with Gasteiger partial charge in [0.25, 0.3) is 5.91 Å². The molecule has 2 heterocycles. The van der Waals surface area contributed by atoms with Crippen molar-refractivity contribution >= 4 is 34.6 Å². The molecule has 0 aliphatic carbocycles. The average Bonchev–Trinajstić information content (AvgIpc) is 3.23. The topological polar surface area (TPSA) is 78.1 Å². The predicted molar refractivity (Wildman–Crippen MR) is 120 cm³/mol. The highest BCUT2D eigenvalue weighted by Crippen LogP contribution is 2.28. The SMILES string of the molecule is CC(SCC(=O)N1CCC(NC(=O)c2ccccc2)CC1)c1nc2ccccc2[nH]1. The Hall–Kier alpha value is -2.80. The Kier molecular flexibility index (Phi) is 6.38. The third-order valence-electron chi connectivity index (χ3n) is 5.47. The van der Waals surface area contributed by atoms with Gasteiger partial charge in [-0.2, -0.15) is 0 Å². The second kappa shape index (κ2) is 9.34. The number of hydrogen-bond acceptors (Lipinski definition) is 4. The van der Waals surface area contributed by atoms with Gasteiger partial charge in [0.2, 0.25) is 5.91 Å². The summed E-state index contributed by atoms with van der Waals surface area (Å²) < 4.78 is 0. The number of likely N-dealkylation sites (tertiary alicyclic amines) is 1. The number of imidazole rings is 1. The van der Waals surface area contributed by atoms with Gasteiger partial charge < -0.3 is 15.2 Å². The minimum atomic E-state index is -0.0457. The zero-order valence-electron chi connectivity index (χ0n) is 17.0. The summed E-state index contributed by atoms with van der Waals surface area (Å²) in [5.41, 5.74) is 2.64. The molecule has 1 fully saturated rings. The number of nitrogens with zero attached hydrogens (tertiary/aromatic N) is 2. The van der Waals surface area contributed by atoms with Gasteiger partial charge in [0.05, 0.1) is 22.0 Å². The second-order valence-corrected chi connectivity index (χ2v) is 8.92. The largest absolute Gasteiger partial charge is 0.349 e. The summed E-state index contributed by atoms with van der Waals surface area (Å²) in [6.07, 6.45) is 1.57. The molecule has 2 N–H and O–H groups in total. The van der Waals surface area contributed by atoms with E-state index < -0.39 is 0 Å². The molecule has 1 aliphatic rings. The van der Waals surface area contributed by atoms with Gasteiger partial charge in [0, 0.05) is 24.7 Å². The summed E-state index contributed by atoms with van der Waals surface area (Å²) in [6, 6.07) is 17.3. The summed E-state index contributed by atoms with van der Waals surface area (Å²) in [5, 5.41) is 3.20. The molecule has 2 aromatic carbocycles. The number of rotatable bonds is 6. The maximum Gasteiger partial charge on any atom is 0.251 e. The van der Waals surface area contributed by atoms with Crippen molar-refractivity contribution in [2.24, 2.45) is 0 Å². The Morgan fingerprint density at radius 1 is 1.13 bits per heavy atom. The number of piperidine rings is 1. The van der Waals surface area contributed by atoms with Crippen molar-refractivity contribution in [2.45, 2.75) is 31.1 Å². The third-order valence-corrected chi connectivity index (χ3v) is 6.61. The van der Waals surface area contributed by atoms with Crippen molar-refractivity contribution in [3.8, 4) is 0 Å². The maximum absolute atomic E-state index is 12.6. The van der Waals surface area contributed by atoms with E-state index in [9.17, 15) is 9.59 Å². The number of fused-ring (bicyclic) bond motifs is 1. The molecule has 0 saturated carbocycles. The van der Waals surface area contributed by atoms with E-state index in [1.54, 1.807) is 11.8 Å². The lowest BCUT2D eigenvalue weighted by Gasteiger charge is -2.32. The van der Waals surface area contributed by atoms with Crippen LogP contribution in [-0.2, 0) is 4.79 Å². The quantitative estimate of drug-likeness (QED) is 0.634. The minimum absolute atomic E-state index is 0.0457. The third kappa shape index (κ3) is 4.84. The van der Waals surface area contributed by atoms with Crippen LogP contribution in [0.2, 0.25) is 0 Å². The van der Waals surface area contributed by atoms with Crippen LogP contribution in [0.25, 0.3) is 11.0 Å². The van der Waals surface area contributed by atoms with Gasteiger partial charge in [-0.3, -0.25) is 9.59 Å². The number of hydrogen-bond donors (Lipinski definition) is 2. The Bertz CT molecular complexity index is 979. The number of thioether (sulfide) groups is 1. The molecule has 0 spiro atoms. The molecular formula is C23H26N4O2S. The Balaban J connectivity index is 1.23. The van der Waals surface area contributed by atoms with Gasteiger partial charge in [-0.05, 0) is 44.0 Å². The first kappa shape index (κ1) is 20.5. The molecule has 1 aliphatic heterocycles. The normalized spacial score (nSPS) is 15.8. The highest BCUT2D eigenvalue weighted by Gasteiger charge is 2.24. The molecule has 6 nitrogen and oxygen atoms in total. The number of amides is 2. The molecule has 1 aromatic heterocycles. The van der Waals surface area contributed by atoms with E-state index in [2.05, 4.69) is 22.2 Å². The van der Waals surface area contributed by atoms with Crippen molar-refractivity contribution in [3.63, 3.8) is 0 Å². The van der Waals surface area contributed by atoms with Gasteiger partial charge in [0.1, 0.15) is 5.82 Å². The van der Waals surface area contributed by atoms with Crippen LogP contribution < -0.4 is 5.32 Å². The van der Waals surface area contributed by atoms with Crippen LogP contribution >= 0.6 is 11.8 Å². The van der Waals surface area contributed by atoms with E-state index in [-0.39, 0.29) is 23.1 Å². The molecule has 156 valence electrons. The number of carbonyl (C=O) groups is 2. The van der Waals surface area contributed by atoms with Gasteiger partial charge in [0.15, 0.2) is 0 Å². The molecule has 0 radical (unpaired) electrons. The Morgan fingerprint density at radius 3 is 2.57 bits per heavy atom. The monoisotopic (exact) mass is 422 g/mol. The fraction of sp³-hybridized carbons (Fsp3) is 0.348. The van der Waals surface area contributed by atoms with E-state index in [1.165, 1.54) is 0 Å². The van der Waals surface area contributed by atoms with Crippen molar-refractivity contribution < 1.29 is 9.59 Å². The number of para-hydroxylation sites is 2. The van der Waals surface area contributed by atoms with Gasteiger partial charge >= 0.3 is 0 Å². The van der Waals surface area contributed by atoms with Crippen LogP contribution in [-0.4, -0.2) is 51.6 Å². The van der Waals surface area contributed by atoms with Crippen LogP contribution in [0, 0.1) is 0 Å². The number of aromatic amines is 1. The molecule has 30 heavy (non-hydrogen) atoms. The first-order valence-corrected chi connectivity index (χ1v) is 11.3. The smallest absolute Gasteiger partial charge is 0.251 e. The minimum Gasteiger partial charge on any atom is -0.349 e. The number of benzene rings is 2. The zero-order valence-corrected chi connectivity index (χ0v) is 17.8. The van der Waals surface area contributed by atoms with Gasteiger partial charge in [-0.1, -0.05) is 30.3 Å². The zero-order chi connectivity index (χ0) is 20.9. The summed E-state index contributed by atoms with van der Waals surface area (Å²) >= 11 is 1.60. The standard InChI is InChI=1S/C23H26N4O2S/c1-16(22-25-19-9-5-6-10-20(19)26-22)30-15-21(28)27-13-11-18(12-14-27)24-23(29)17-7-3-2-4-8-17/h2-10,16,18H,11-15H2,1H3,(H,24,29)(H,25,26). The molecule has 2 amide bonds. The second-order valence-electron chi connectivity index (χ2n) is 7.59. The van der Waals surface area contributed by atoms with E-state index >= 15 is 0 Å². The number of H-pyrrole nitrogens is 1. The van der Waals surface area contributed by atoms with Crippen LogP contribution in [0.1, 0.15) is 41.2 Å². The summed E-state index contributed by atoms with van der Waals surface area (Å²) in [4.78, 5) is 34.8. The van der Waals surface area contributed by atoms with E-state index in [0.29, 0.717) is 24.4 Å². The van der Waals surface area contributed by atoms with Crippen molar-refractivity contribution in [2.75, 3.05) is 18.8 Å².